The van der Waals surface area contributed by atoms with Gasteiger partial charge in [-0.3, -0.25) is 23.2 Å². The monoisotopic (exact) mass is 659 g/mol. The zero-order valence-electron chi connectivity index (χ0n) is 24.9. The number of phosphoric acid groups is 1. The topological polar surface area (TPSA) is 209 Å². The van der Waals surface area contributed by atoms with Crippen LogP contribution in [0.5, 0.6) is 0 Å². The highest BCUT2D eigenvalue weighted by Gasteiger charge is 2.58. The van der Waals surface area contributed by atoms with Gasteiger partial charge in [0.15, 0.2) is 16.0 Å². The SMILES string of the molecule is CC(C)(C)C(=O)SCCOP(=O)(OCCSC(=O)C(C)(C)C)OCC1O[C@@](C#N)(c2ccc3c(N)ncnn23)[C@H](O)[C@@H]1O. The molecule has 0 aliphatic carbocycles. The van der Waals surface area contributed by atoms with Gasteiger partial charge in [0, 0.05) is 22.3 Å². The van der Waals surface area contributed by atoms with Gasteiger partial charge >= 0.3 is 7.82 Å². The lowest BCUT2D eigenvalue weighted by molar-refractivity contribution is -0.118. The van der Waals surface area contributed by atoms with Crippen LogP contribution in [-0.4, -0.2) is 84.7 Å². The number of carbonyl (C=O) groups is 2. The minimum Gasteiger partial charge on any atom is -0.387 e. The van der Waals surface area contributed by atoms with Crippen molar-refractivity contribution in [2.24, 2.45) is 10.8 Å². The second-order valence-corrected chi connectivity index (χ2v) is 15.6. The third-order valence-electron chi connectivity index (χ3n) is 6.24. The Labute approximate surface area is 258 Å². The van der Waals surface area contributed by atoms with E-state index in [1.165, 1.54) is 23.0 Å². The van der Waals surface area contributed by atoms with Gasteiger partial charge in [0.05, 0.1) is 25.5 Å². The molecule has 17 heteroatoms. The lowest BCUT2D eigenvalue weighted by atomic mass is 9.92. The number of nitriles is 1. The largest absolute Gasteiger partial charge is 0.474 e. The van der Waals surface area contributed by atoms with Gasteiger partial charge in [-0.25, -0.2) is 14.1 Å². The molecule has 3 rings (SSSR count). The summed E-state index contributed by atoms with van der Waals surface area (Å²) in [5, 5.41) is 35.8. The molecule has 2 aromatic rings. The fourth-order valence-electron chi connectivity index (χ4n) is 3.83. The van der Waals surface area contributed by atoms with Gasteiger partial charge in [-0.2, -0.15) is 10.4 Å². The average molecular weight is 660 g/mol. The van der Waals surface area contributed by atoms with Crippen LogP contribution in [0.1, 0.15) is 47.2 Å². The molecule has 0 bridgehead atoms. The molecule has 0 aromatic carbocycles. The molecule has 1 aliphatic heterocycles. The Balaban J connectivity index is 1.72. The minimum absolute atomic E-state index is 0.0842. The molecule has 2 aromatic heterocycles. The number of aliphatic hydroxyl groups is 2. The minimum atomic E-state index is -4.32. The first-order valence-electron chi connectivity index (χ1n) is 13.4. The fourth-order valence-corrected chi connectivity index (χ4v) is 6.83. The first-order valence-corrected chi connectivity index (χ1v) is 16.8. The lowest BCUT2D eigenvalue weighted by Crippen LogP contribution is -2.41. The van der Waals surface area contributed by atoms with Crippen LogP contribution in [0.25, 0.3) is 5.52 Å². The third kappa shape index (κ3) is 8.36. The molecular weight excluding hydrogens is 621 g/mol. The molecule has 0 radical (unpaired) electrons. The zero-order chi connectivity index (χ0) is 32.2. The summed E-state index contributed by atoms with van der Waals surface area (Å²) in [5.74, 6) is 0.451. The van der Waals surface area contributed by atoms with Crippen molar-refractivity contribution in [2.75, 3.05) is 37.1 Å². The first-order chi connectivity index (χ1) is 19.9. The Hall–Kier alpha value is -2.06. The molecule has 1 saturated heterocycles. The summed E-state index contributed by atoms with van der Waals surface area (Å²) in [4.78, 5) is 28.4. The number of nitrogen functional groups attached to an aromatic ring is 1. The average Bonchev–Trinajstić information content (AvgIpc) is 3.47. The smallest absolute Gasteiger partial charge is 0.387 e. The molecule has 0 amide bonds. The molecule has 1 unspecified atom stereocenters. The second kappa shape index (κ2) is 13.9. The highest BCUT2D eigenvalue weighted by atomic mass is 32.2. The number of carbonyl (C=O) groups excluding carboxylic acids is 2. The van der Waals surface area contributed by atoms with Gasteiger partial charge in [-0.05, 0) is 12.1 Å². The predicted octanol–water partition coefficient (Wildman–Crippen LogP) is 2.92. The number of nitrogens with two attached hydrogens (primary N) is 1. The summed E-state index contributed by atoms with van der Waals surface area (Å²) < 4.78 is 37.1. The van der Waals surface area contributed by atoms with E-state index in [2.05, 4.69) is 10.1 Å². The van der Waals surface area contributed by atoms with Crippen molar-refractivity contribution in [3.05, 3.63) is 24.2 Å². The molecule has 1 fully saturated rings. The molecule has 4 N–H and O–H groups in total. The van der Waals surface area contributed by atoms with Crippen molar-refractivity contribution in [2.45, 2.75) is 65.5 Å². The van der Waals surface area contributed by atoms with E-state index in [9.17, 15) is 29.6 Å². The quantitative estimate of drug-likeness (QED) is 0.221. The Morgan fingerprint density at radius 1 is 1.09 bits per heavy atom. The molecule has 0 spiro atoms. The predicted molar refractivity (Wildman–Crippen MR) is 161 cm³/mol. The Kier molecular flexibility index (Phi) is 11.5. The number of aliphatic hydroxyl groups excluding tert-OH is 2. The van der Waals surface area contributed by atoms with Crippen molar-refractivity contribution in [3.63, 3.8) is 0 Å². The Morgan fingerprint density at radius 3 is 2.16 bits per heavy atom. The first kappa shape index (κ1) is 35.4. The molecule has 43 heavy (non-hydrogen) atoms. The number of nitrogens with zero attached hydrogens (tertiary/aromatic N) is 4. The van der Waals surface area contributed by atoms with Crippen LogP contribution >= 0.6 is 31.3 Å². The second-order valence-electron chi connectivity index (χ2n) is 11.8. The number of thioether (sulfide) groups is 2. The number of rotatable bonds is 12. The van der Waals surface area contributed by atoms with Crippen molar-refractivity contribution >= 4 is 52.9 Å². The maximum atomic E-state index is 13.6. The molecule has 238 valence electrons. The van der Waals surface area contributed by atoms with Gasteiger partial charge in [0.2, 0.25) is 5.60 Å². The number of fused-ring (bicyclic) bond motifs is 1. The highest BCUT2D eigenvalue weighted by Crippen LogP contribution is 2.51. The number of ether oxygens (including phenoxy) is 1. The van der Waals surface area contributed by atoms with Crippen molar-refractivity contribution in [1.82, 2.24) is 14.6 Å². The molecule has 14 nitrogen and oxygen atoms in total. The maximum absolute atomic E-state index is 13.6. The van der Waals surface area contributed by atoms with Crippen LogP contribution < -0.4 is 5.73 Å². The highest BCUT2D eigenvalue weighted by molar-refractivity contribution is 8.14. The van der Waals surface area contributed by atoms with Crippen LogP contribution in [0.15, 0.2) is 18.5 Å². The Morgan fingerprint density at radius 2 is 1.65 bits per heavy atom. The normalized spacial score (nSPS) is 23.0. The van der Waals surface area contributed by atoms with Crippen LogP contribution in [0, 0.1) is 22.2 Å². The summed E-state index contributed by atoms with van der Waals surface area (Å²) in [6, 6.07) is 4.92. The third-order valence-corrected chi connectivity index (χ3v) is 10.2. The summed E-state index contributed by atoms with van der Waals surface area (Å²) in [5.41, 5.74) is 3.09. The van der Waals surface area contributed by atoms with E-state index in [1.54, 1.807) is 41.5 Å². The molecule has 3 heterocycles. The van der Waals surface area contributed by atoms with Crippen molar-refractivity contribution in [1.29, 1.82) is 5.26 Å². The van der Waals surface area contributed by atoms with Gasteiger partial charge in [0.25, 0.3) is 0 Å². The summed E-state index contributed by atoms with van der Waals surface area (Å²) in [6.45, 7) is 9.71. The van der Waals surface area contributed by atoms with Crippen LogP contribution in [0.4, 0.5) is 5.82 Å². The van der Waals surface area contributed by atoms with E-state index in [0.717, 1.165) is 23.5 Å². The van der Waals surface area contributed by atoms with Gasteiger partial charge in [-0.1, -0.05) is 65.1 Å². The number of hydrogen-bond acceptors (Lipinski definition) is 15. The summed E-state index contributed by atoms with van der Waals surface area (Å²) in [7, 11) is -4.32. The standard InChI is InChI=1S/C26H38N5O9PS2/c1-24(2,3)22(34)42-11-9-37-41(36,38-10-12-43-23(35)25(4,5)6)39-13-17-19(32)20(33)26(14-27,40-17)18-8-7-16-21(28)29-15-30-31(16)18/h7-8,15,17,19-20,32-33H,9-13H2,1-6H3,(H2,28,29,30)/t17?,19-,20-,26+/m1/s1. The van der Waals surface area contributed by atoms with Crippen LogP contribution in [0.2, 0.25) is 0 Å². The molecule has 1 aliphatic rings. The van der Waals surface area contributed by atoms with E-state index in [0.29, 0.717) is 5.52 Å². The van der Waals surface area contributed by atoms with Crippen LogP contribution in [0.3, 0.4) is 0 Å². The van der Waals surface area contributed by atoms with Crippen molar-refractivity contribution < 1.29 is 42.7 Å². The van der Waals surface area contributed by atoms with Crippen molar-refractivity contribution in [3.8, 4) is 6.07 Å². The van der Waals surface area contributed by atoms with E-state index in [1.807, 2.05) is 6.07 Å². The van der Waals surface area contributed by atoms with Gasteiger partial charge in [-0.15, -0.1) is 0 Å². The number of phosphoric ester groups is 1. The van der Waals surface area contributed by atoms with Gasteiger partial charge in [0.1, 0.15) is 36.2 Å². The molecule has 4 atom stereocenters. The van der Waals surface area contributed by atoms with E-state index < -0.39 is 49.2 Å². The number of anilines is 1. The van der Waals surface area contributed by atoms with E-state index in [4.69, 9.17) is 24.0 Å². The maximum Gasteiger partial charge on any atom is 0.474 e. The summed E-state index contributed by atoms with van der Waals surface area (Å²) in [6.07, 6.45) is -3.56. The fraction of sp³-hybridized carbons (Fsp3) is 0.654. The molecular formula is C26H38N5O9PS2. The van der Waals surface area contributed by atoms with Gasteiger partial charge < -0.3 is 20.7 Å². The number of aromatic nitrogens is 3. The molecule has 0 saturated carbocycles. The van der Waals surface area contributed by atoms with E-state index in [-0.39, 0.29) is 46.5 Å². The van der Waals surface area contributed by atoms with Crippen LogP contribution in [-0.2, 0) is 38.1 Å². The number of hydrogen-bond donors (Lipinski definition) is 3. The van der Waals surface area contributed by atoms with E-state index >= 15 is 0 Å². The lowest BCUT2D eigenvalue weighted by Gasteiger charge is -2.24. The Bertz CT molecular complexity index is 1370. The zero-order valence-corrected chi connectivity index (χ0v) is 27.4. The summed E-state index contributed by atoms with van der Waals surface area (Å²) >= 11 is 2.01.